The van der Waals surface area contributed by atoms with Gasteiger partial charge in [0.1, 0.15) is 16.7 Å². The molecular formula is C11H9ClN2O4. The number of carbonyl (C=O) groups is 1. The molecule has 0 unspecified atom stereocenters. The Hall–Kier alpha value is -2.13. The Morgan fingerprint density at radius 2 is 2.28 bits per heavy atom. The minimum atomic E-state index is -0.741. The van der Waals surface area contributed by atoms with Crippen LogP contribution in [0.2, 0.25) is 5.02 Å². The smallest absolute Gasteiger partial charge is 0.310 e. The average Bonchev–Trinajstić information content (AvgIpc) is 2.30. The van der Waals surface area contributed by atoms with Crippen LogP contribution in [0.5, 0.6) is 0 Å². The van der Waals surface area contributed by atoms with Crippen LogP contribution in [0.15, 0.2) is 12.1 Å². The first-order chi connectivity index (χ1) is 8.51. The number of ether oxygens (including phenoxy) is 1. The van der Waals surface area contributed by atoms with Crippen LogP contribution in [0.25, 0.3) is 0 Å². The number of halogens is 1. The Balaban J connectivity index is 3.22. The molecule has 0 fully saturated rings. The van der Waals surface area contributed by atoms with Gasteiger partial charge in [-0.3, -0.25) is 14.9 Å². The van der Waals surface area contributed by atoms with Gasteiger partial charge in [-0.1, -0.05) is 17.7 Å². The molecule has 0 aliphatic heterocycles. The number of nitro benzene ring substituents is 1. The van der Waals surface area contributed by atoms with Gasteiger partial charge in [0.05, 0.1) is 18.0 Å². The largest absolute Gasteiger partial charge is 0.466 e. The number of rotatable bonds is 4. The highest BCUT2D eigenvalue weighted by atomic mass is 35.5. The quantitative estimate of drug-likeness (QED) is 0.474. The van der Waals surface area contributed by atoms with Crippen LogP contribution >= 0.6 is 11.6 Å². The summed E-state index contributed by atoms with van der Waals surface area (Å²) in [6.07, 6.45) is -0.200. The van der Waals surface area contributed by atoms with Crippen LogP contribution < -0.4 is 0 Å². The Kier molecular flexibility index (Phi) is 4.63. The Bertz CT molecular complexity index is 537. The van der Waals surface area contributed by atoms with Crippen molar-refractivity contribution in [3.63, 3.8) is 0 Å². The second-order valence-electron chi connectivity index (χ2n) is 3.28. The number of hydrogen-bond donors (Lipinski definition) is 0. The van der Waals surface area contributed by atoms with Gasteiger partial charge >= 0.3 is 11.7 Å². The highest BCUT2D eigenvalue weighted by Crippen LogP contribution is 2.30. The Morgan fingerprint density at radius 1 is 1.61 bits per heavy atom. The summed E-state index contributed by atoms with van der Waals surface area (Å²) in [7, 11) is 0. The summed E-state index contributed by atoms with van der Waals surface area (Å²) in [6.45, 7) is 1.85. The molecule has 0 atom stereocenters. The zero-order chi connectivity index (χ0) is 13.7. The number of carbonyl (C=O) groups excluding carboxylic acids is 1. The third kappa shape index (κ3) is 2.96. The summed E-state index contributed by atoms with van der Waals surface area (Å²) >= 11 is 5.66. The summed E-state index contributed by atoms with van der Waals surface area (Å²) in [5.74, 6) is -0.550. The van der Waals surface area contributed by atoms with Gasteiger partial charge in [0.2, 0.25) is 0 Å². The van der Waals surface area contributed by atoms with Gasteiger partial charge in [-0.25, -0.2) is 0 Å². The van der Waals surface area contributed by atoms with E-state index in [0.717, 1.165) is 0 Å². The van der Waals surface area contributed by atoms with Crippen molar-refractivity contribution < 1.29 is 14.5 Å². The van der Waals surface area contributed by atoms with Crippen LogP contribution in [0, 0.1) is 21.4 Å². The van der Waals surface area contributed by atoms with E-state index < -0.39 is 16.6 Å². The fourth-order valence-corrected chi connectivity index (χ4v) is 1.65. The van der Waals surface area contributed by atoms with Crippen LogP contribution in [-0.2, 0) is 16.0 Å². The lowest BCUT2D eigenvalue weighted by Crippen LogP contribution is -2.09. The Morgan fingerprint density at radius 3 is 2.78 bits per heavy atom. The average molecular weight is 269 g/mol. The fraction of sp³-hybridized carbons (Fsp3) is 0.273. The van der Waals surface area contributed by atoms with E-state index in [4.69, 9.17) is 21.6 Å². The van der Waals surface area contributed by atoms with E-state index >= 15 is 0 Å². The lowest BCUT2D eigenvalue weighted by molar-refractivity contribution is -0.385. The predicted molar refractivity (Wildman–Crippen MR) is 63.2 cm³/mol. The summed E-state index contributed by atoms with van der Waals surface area (Å²) < 4.78 is 4.72. The standard InChI is InChI=1S/C11H9ClN2O4/c1-2-18-10(15)5-7-3-4-9(12)11(14(16)17)8(7)6-13/h3-4H,2,5H2,1H3. The van der Waals surface area contributed by atoms with Gasteiger partial charge in [-0.15, -0.1) is 0 Å². The van der Waals surface area contributed by atoms with E-state index in [1.54, 1.807) is 13.0 Å². The molecule has 0 N–H and O–H groups in total. The zero-order valence-electron chi connectivity index (χ0n) is 9.47. The molecule has 1 rings (SSSR count). The molecule has 0 spiro atoms. The van der Waals surface area contributed by atoms with Gasteiger partial charge < -0.3 is 4.74 Å². The lowest BCUT2D eigenvalue weighted by atomic mass is 10.0. The van der Waals surface area contributed by atoms with Crippen molar-refractivity contribution in [1.29, 1.82) is 5.26 Å². The number of nitrogens with zero attached hydrogens (tertiary/aromatic N) is 2. The minimum absolute atomic E-state index is 0.135. The first-order valence-electron chi connectivity index (χ1n) is 5.02. The Labute approximate surface area is 108 Å². The molecule has 0 heterocycles. The first kappa shape index (κ1) is 13.9. The van der Waals surface area contributed by atoms with Crippen molar-refractivity contribution in [2.45, 2.75) is 13.3 Å². The molecule has 0 aliphatic rings. The molecule has 0 aromatic heterocycles. The SMILES string of the molecule is CCOC(=O)Cc1ccc(Cl)c([N+](=O)[O-])c1C#N. The third-order valence-electron chi connectivity index (χ3n) is 2.15. The van der Waals surface area contributed by atoms with Crippen molar-refractivity contribution in [1.82, 2.24) is 0 Å². The molecule has 0 saturated carbocycles. The molecule has 6 nitrogen and oxygen atoms in total. The minimum Gasteiger partial charge on any atom is -0.466 e. The predicted octanol–water partition coefficient (Wildman–Crippen LogP) is 2.23. The number of esters is 1. The number of hydrogen-bond acceptors (Lipinski definition) is 5. The number of nitro groups is 1. The number of benzene rings is 1. The van der Waals surface area contributed by atoms with E-state index in [2.05, 4.69) is 0 Å². The van der Waals surface area contributed by atoms with Crippen LogP contribution in [0.4, 0.5) is 5.69 Å². The first-order valence-corrected chi connectivity index (χ1v) is 5.40. The second kappa shape index (κ2) is 5.98. The van der Waals surface area contributed by atoms with Gasteiger partial charge in [0.15, 0.2) is 0 Å². The summed E-state index contributed by atoms with van der Waals surface area (Å²) in [5.41, 5.74) is -0.464. The fourth-order valence-electron chi connectivity index (χ4n) is 1.43. The topological polar surface area (TPSA) is 93.2 Å². The van der Waals surface area contributed by atoms with Crippen LogP contribution in [0.3, 0.4) is 0 Å². The normalized spacial score (nSPS) is 9.61. The monoisotopic (exact) mass is 268 g/mol. The van der Waals surface area contributed by atoms with Crippen molar-refractivity contribution >= 4 is 23.3 Å². The van der Waals surface area contributed by atoms with E-state index in [1.165, 1.54) is 12.1 Å². The van der Waals surface area contributed by atoms with Crippen molar-refractivity contribution in [2.75, 3.05) is 6.61 Å². The van der Waals surface area contributed by atoms with E-state index in [9.17, 15) is 14.9 Å². The second-order valence-corrected chi connectivity index (χ2v) is 3.69. The van der Waals surface area contributed by atoms with Gasteiger partial charge in [-0.2, -0.15) is 5.26 Å². The van der Waals surface area contributed by atoms with Crippen molar-refractivity contribution in [2.24, 2.45) is 0 Å². The van der Waals surface area contributed by atoms with E-state index in [0.29, 0.717) is 0 Å². The summed E-state index contributed by atoms with van der Waals surface area (Å²) in [6, 6.07) is 4.39. The third-order valence-corrected chi connectivity index (χ3v) is 2.45. The van der Waals surface area contributed by atoms with E-state index in [-0.39, 0.29) is 29.2 Å². The molecule has 0 bridgehead atoms. The van der Waals surface area contributed by atoms with Crippen LogP contribution in [0.1, 0.15) is 18.1 Å². The molecule has 0 radical (unpaired) electrons. The van der Waals surface area contributed by atoms with Gasteiger partial charge in [-0.05, 0) is 18.6 Å². The molecule has 1 aromatic rings. The maximum absolute atomic E-state index is 11.3. The van der Waals surface area contributed by atoms with Crippen molar-refractivity contribution in [3.05, 3.63) is 38.4 Å². The molecule has 94 valence electrons. The molecule has 0 saturated heterocycles. The highest BCUT2D eigenvalue weighted by molar-refractivity contribution is 6.32. The number of nitriles is 1. The molecular weight excluding hydrogens is 260 g/mol. The molecule has 0 amide bonds. The van der Waals surface area contributed by atoms with Crippen LogP contribution in [-0.4, -0.2) is 17.5 Å². The molecule has 1 aromatic carbocycles. The summed E-state index contributed by atoms with van der Waals surface area (Å²) in [4.78, 5) is 21.4. The molecule has 7 heteroatoms. The zero-order valence-corrected chi connectivity index (χ0v) is 10.2. The summed E-state index contributed by atoms with van der Waals surface area (Å²) in [5, 5.41) is 19.6. The molecule has 0 aliphatic carbocycles. The maximum Gasteiger partial charge on any atom is 0.310 e. The molecule has 18 heavy (non-hydrogen) atoms. The lowest BCUT2D eigenvalue weighted by Gasteiger charge is -2.05. The van der Waals surface area contributed by atoms with Crippen molar-refractivity contribution in [3.8, 4) is 6.07 Å². The highest BCUT2D eigenvalue weighted by Gasteiger charge is 2.23. The maximum atomic E-state index is 11.3. The van der Waals surface area contributed by atoms with Gasteiger partial charge in [0.25, 0.3) is 0 Å². The van der Waals surface area contributed by atoms with E-state index in [1.807, 2.05) is 0 Å². The van der Waals surface area contributed by atoms with Gasteiger partial charge in [0, 0.05) is 0 Å².